The second-order valence-electron chi connectivity index (χ2n) is 7.81. The summed E-state index contributed by atoms with van der Waals surface area (Å²) in [6.07, 6.45) is 4.43. The van der Waals surface area contributed by atoms with Crippen LogP contribution in [0.15, 0.2) is 70.4 Å². The smallest absolute Gasteiger partial charge is 0.333 e. The van der Waals surface area contributed by atoms with Crippen LogP contribution in [0.1, 0.15) is 21.6 Å². The highest BCUT2D eigenvalue weighted by Crippen LogP contribution is 2.17. The summed E-state index contributed by atoms with van der Waals surface area (Å²) in [6, 6.07) is 14.3. The first-order valence-corrected chi connectivity index (χ1v) is 10.8. The minimum Gasteiger partial charge on any atom is -0.497 e. The molecule has 0 spiro atoms. The third kappa shape index (κ3) is 4.94. The second kappa shape index (κ2) is 10.1. The van der Waals surface area contributed by atoms with Crippen LogP contribution >= 0.6 is 0 Å². The van der Waals surface area contributed by atoms with Crippen molar-refractivity contribution >= 4 is 11.9 Å². The molecule has 0 aliphatic heterocycles. The van der Waals surface area contributed by atoms with Crippen molar-refractivity contribution in [1.29, 1.82) is 0 Å². The lowest BCUT2D eigenvalue weighted by Crippen LogP contribution is -2.39. The summed E-state index contributed by atoms with van der Waals surface area (Å²) in [4.78, 5) is 36.6. The molecule has 2 aromatic heterocycles. The van der Waals surface area contributed by atoms with Crippen LogP contribution in [0.25, 0.3) is 11.8 Å². The van der Waals surface area contributed by atoms with Gasteiger partial charge >= 0.3 is 5.69 Å². The number of aromatic hydroxyl groups is 1. The Kier molecular flexibility index (Phi) is 6.81. The number of hydrogen-bond donors (Lipinski definition) is 1. The molecule has 0 radical (unpaired) electrons. The van der Waals surface area contributed by atoms with E-state index < -0.39 is 28.5 Å². The van der Waals surface area contributed by atoms with Crippen molar-refractivity contribution in [2.75, 3.05) is 7.11 Å². The molecule has 2 aromatic carbocycles. The zero-order chi connectivity index (χ0) is 25.8. The Morgan fingerprint density at radius 2 is 1.67 bits per heavy atom. The summed E-state index contributed by atoms with van der Waals surface area (Å²) in [5, 5.41) is 18.3. The van der Waals surface area contributed by atoms with Crippen molar-refractivity contribution in [1.82, 2.24) is 24.1 Å². The molecule has 0 saturated heterocycles. The number of carbonyl (C=O) groups is 1. The summed E-state index contributed by atoms with van der Waals surface area (Å²) in [7, 11) is 4.12. The van der Waals surface area contributed by atoms with Gasteiger partial charge in [-0.15, -0.1) is 5.10 Å². The number of benzene rings is 2. The van der Waals surface area contributed by atoms with Crippen LogP contribution in [0, 0.1) is 0 Å². The molecule has 4 rings (SSSR count). The predicted octanol–water partition coefficient (Wildman–Crippen LogP) is 1.85. The molecule has 0 fully saturated rings. The standard InChI is InChI=1S/C25H23N5O6/c1-28-23(32)22(24(33)29(2)25(28)34)21(31)13-6-16-4-9-20(10-5-16)36-15-17-14-30(27-26-17)18-7-11-19(35-3)12-8-18/h4-14,32H,15H2,1-3H3/b13-6+. The Bertz CT molecular complexity index is 1550. The lowest BCUT2D eigenvalue weighted by atomic mass is 10.1. The van der Waals surface area contributed by atoms with E-state index in [1.807, 2.05) is 24.3 Å². The molecule has 0 unspecified atom stereocenters. The van der Waals surface area contributed by atoms with E-state index >= 15 is 0 Å². The van der Waals surface area contributed by atoms with Crippen LogP contribution < -0.4 is 20.7 Å². The molecule has 0 amide bonds. The lowest BCUT2D eigenvalue weighted by Gasteiger charge is -2.08. The van der Waals surface area contributed by atoms with Crippen LogP contribution in [0.5, 0.6) is 17.4 Å². The SMILES string of the molecule is COc1ccc(-n2cc(COc3ccc(/C=C/C(=O)c4c(O)n(C)c(=O)n(C)c4=O)cc3)nn2)cc1. The maximum Gasteiger partial charge on any atom is 0.333 e. The molecule has 36 heavy (non-hydrogen) atoms. The van der Waals surface area contributed by atoms with E-state index in [9.17, 15) is 19.5 Å². The van der Waals surface area contributed by atoms with Crippen LogP contribution in [0.2, 0.25) is 0 Å². The fourth-order valence-corrected chi connectivity index (χ4v) is 3.36. The summed E-state index contributed by atoms with van der Waals surface area (Å²) >= 11 is 0. The van der Waals surface area contributed by atoms with Crippen molar-refractivity contribution in [2.45, 2.75) is 6.61 Å². The fraction of sp³-hybridized carbons (Fsp3) is 0.160. The van der Waals surface area contributed by atoms with Crippen molar-refractivity contribution in [3.8, 4) is 23.1 Å². The summed E-state index contributed by atoms with van der Waals surface area (Å²) < 4.78 is 14.2. The van der Waals surface area contributed by atoms with Gasteiger partial charge in [0.1, 0.15) is 29.4 Å². The Morgan fingerprint density at radius 1 is 1.00 bits per heavy atom. The summed E-state index contributed by atoms with van der Waals surface area (Å²) in [5.74, 6) is -0.0593. The largest absolute Gasteiger partial charge is 0.497 e. The lowest BCUT2D eigenvalue weighted by molar-refractivity contribution is 0.104. The molecule has 0 saturated carbocycles. The minimum absolute atomic E-state index is 0.207. The number of hydrogen-bond acceptors (Lipinski definition) is 8. The highest BCUT2D eigenvalue weighted by Gasteiger charge is 2.19. The predicted molar refractivity (Wildman–Crippen MR) is 131 cm³/mol. The molecule has 184 valence electrons. The Morgan fingerprint density at radius 3 is 2.33 bits per heavy atom. The van der Waals surface area contributed by atoms with Gasteiger partial charge in [0.25, 0.3) is 5.56 Å². The number of aromatic nitrogens is 5. The van der Waals surface area contributed by atoms with E-state index in [0.717, 1.165) is 26.6 Å². The Labute approximate surface area is 205 Å². The third-order valence-electron chi connectivity index (χ3n) is 5.45. The van der Waals surface area contributed by atoms with Crippen LogP contribution in [0.4, 0.5) is 0 Å². The number of nitrogens with zero attached hydrogens (tertiary/aromatic N) is 5. The topological polar surface area (TPSA) is 130 Å². The minimum atomic E-state index is -0.863. The van der Waals surface area contributed by atoms with Gasteiger partial charge in [-0.3, -0.25) is 18.7 Å². The van der Waals surface area contributed by atoms with E-state index in [4.69, 9.17) is 9.47 Å². The average molecular weight is 489 g/mol. The van der Waals surface area contributed by atoms with Gasteiger partial charge in [0.05, 0.1) is 19.0 Å². The molecule has 4 aromatic rings. The number of ether oxygens (including phenoxy) is 2. The molecule has 11 nitrogen and oxygen atoms in total. The van der Waals surface area contributed by atoms with Gasteiger partial charge in [0.2, 0.25) is 5.88 Å². The molecule has 0 aliphatic rings. The second-order valence-corrected chi connectivity index (χ2v) is 7.81. The van der Waals surface area contributed by atoms with E-state index in [1.165, 1.54) is 20.2 Å². The maximum atomic E-state index is 12.5. The van der Waals surface area contributed by atoms with Crippen LogP contribution in [-0.4, -0.2) is 42.1 Å². The van der Waals surface area contributed by atoms with Gasteiger partial charge in [-0.2, -0.15) is 0 Å². The van der Waals surface area contributed by atoms with Gasteiger partial charge in [-0.1, -0.05) is 23.4 Å². The normalized spacial score (nSPS) is 11.1. The molecule has 0 atom stereocenters. The molecule has 1 N–H and O–H groups in total. The first kappa shape index (κ1) is 24.2. The molecule has 0 aliphatic carbocycles. The van der Waals surface area contributed by atoms with Crippen LogP contribution in [-0.2, 0) is 20.7 Å². The Hall–Kier alpha value is -4.93. The van der Waals surface area contributed by atoms with E-state index in [-0.39, 0.29) is 6.61 Å². The van der Waals surface area contributed by atoms with Gasteiger partial charge < -0.3 is 14.6 Å². The van der Waals surface area contributed by atoms with Crippen LogP contribution in [0.3, 0.4) is 0 Å². The van der Waals surface area contributed by atoms with Crippen molar-refractivity contribution < 1.29 is 19.4 Å². The molecular formula is C25H23N5O6. The number of methoxy groups -OCH3 is 1. The zero-order valence-electron chi connectivity index (χ0n) is 19.8. The van der Waals surface area contributed by atoms with Gasteiger partial charge in [-0.05, 0) is 48.0 Å². The molecule has 0 bridgehead atoms. The third-order valence-corrected chi connectivity index (χ3v) is 5.45. The first-order chi connectivity index (χ1) is 17.3. The average Bonchev–Trinajstić information content (AvgIpc) is 3.38. The molecular weight excluding hydrogens is 466 g/mol. The van der Waals surface area contributed by atoms with E-state index in [1.54, 1.807) is 42.3 Å². The molecule has 2 heterocycles. The van der Waals surface area contributed by atoms with Crippen molar-refractivity contribution in [3.63, 3.8) is 0 Å². The van der Waals surface area contributed by atoms with E-state index in [0.29, 0.717) is 17.0 Å². The fourth-order valence-electron chi connectivity index (χ4n) is 3.36. The van der Waals surface area contributed by atoms with Crippen molar-refractivity contribution in [3.05, 3.63) is 98.5 Å². The summed E-state index contributed by atoms with van der Waals surface area (Å²) in [5.41, 5.74) is 0.0822. The number of rotatable bonds is 8. The first-order valence-electron chi connectivity index (χ1n) is 10.8. The van der Waals surface area contributed by atoms with Gasteiger partial charge in [0.15, 0.2) is 5.78 Å². The number of allylic oxidation sites excluding steroid dienone is 1. The van der Waals surface area contributed by atoms with Gasteiger partial charge in [0, 0.05) is 14.1 Å². The Balaban J connectivity index is 1.39. The van der Waals surface area contributed by atoms with Crippen molar-refractivity contribution in [2.24, 2.45) is 14.1 Å². The maximum absolute atomic E-state index is 12.5. The van der Waals surface area contributed by atoms with Gasteiger partial charge in [-0.25, -0.2) is 9.48 Å². The monoisotopic (exact) mass is 489 g/mol. The molecule has 11 heteroatoms. The number of carbonyl (C=O) groups excluding carboxylic acids is 1. The highest BCUT2D eigenvalue weighted by molar-refractivity contribution is 6.08. The quantitative estimate of drug-likeness (QED) is 0.293. The summed E-state index contributed by atoms with van der Waals surface area (Å²) in [6.45, 7) is 0.207. The van der Waals surface area contributed by atoms with E-state index in [2.05, 4.69) is 10.3 Å². The highest BCUT2D eigenvalue weighted by atomic mass is 16.5. The zero-order valence-corrected chi connectivity index (χ0v) is 19.8. The number of ketones is 1.